The fourth-order valence-corrected chi connectivity index (χ4v) is 4.62. The summed E-state index contributed by atoms with van der Waals surface area (Å²) in [5.41, 5.74) is 11.6. The molecular formula is C22H21F2N7O3S. The molecule has 13 heteroatoms. The van der Waals surface area contributed by atoms with E-state index in [4.69, 9.17) is 16.2 Å². The lowest BCUT2D eigenvalue weighted by atomic mass is 10.0. The minimum atomic E-state index is -3.80. The number of benzene rings is 2. The maximum Gasteiger partial charge on any atom is 0.232 e. The van der Waals surface area contributed by atoms with Crippen LogP contribution in [0.3, 0.4) is 0 Å². The highest BCUT2D eigenvalue weighted by Gasteiger charge is 2.22. The summed E-state index contributed by atoms with van der Waals surface area (Å²) < 4.78 is 62.0. The summed E-state index contributed by atoms with van der Waals surface area (Å²) in [7, 11) is -2.44. The Morgan fingerprint density at radius 1 is 1.06 bits per heavy atom. The largest absolute Gasteiger partial charge is 0.494 e. The van der Waals surface area contributed by atoms with Crippen molar-refractivity contribution in [3.05, 3.63) is 48.3 Å². The third-order valence-electron chi connectivity index (χ3n) is 5.06. The molecule has 4 rings (SSSR count). The van der Waals surface area contributed by atoms with E-state index < -0.39 is 27.2 Å². The second kappa shape index (κ2) is 9.25. The lowest BCUT2D eigenvalue weighted by Gasteiger charge is -2.15. The van der Waals surface area contributed by atoms with Crippen molar-refractivity contribution in [2.24, 2.45) is 0 Å². The SMILES string of the molecule is CCCS(=O)(=O)Nc1ccc(F)c(-c2cc(OC)c3nc(-c4cnc(N)nc4)nc(N)c3c2)c1F. The highest BCUT2D eigenvalue weighted by atomic mass is 32.2. The summed E-state index contributed by atoms with van der Waals surface area (Å²) in [5.74, 6) is -1.74. The number of nitrogen functional groups attached to an aromatic ring is 2. The first-order valence-corrected chi connectivity index (χ1v) is 12.0. The number of hydrogen-bond donors (Lipinski definition) is 3. The topological polar surface area (TPSA) is 159 Å². The molecule has 0 aliphatic carbocycles. The van der Waals surface area contributed by atoms with Gasteiger partial charge in [0.15, 0.2) is 11.6 Å². The van der Waals surface area contributed by atoms with E-state index in [2.05, 4.69) is 24.7 Å². The first-order valence-electron chi connectivity index (χ1n) is 10.4. The number of nitrogens with zero attached hydrogens (tertiary/aromatic N) is 4. The van der Waals surface area contributed by atoms with Crippen molar-refractivity contribution in [3.8, 4) is 28.3 Å². The molecule has 0 aliphatic heterocycles. The first kappa shape index (κ1) is 24.0. The number of sulfonamides is 1. The van der Waals surface area contributed by atoms with Crippen molar-refractivity contribution in [2.75, 3.05) is 29.1 Å². The zero-order chi connectivity index (χ0) is 25.3. The Hall–Kier alpha value is -4.13. The fraction of sp³-hybridized carbons (Fsp3) is 0.182. The van der Waals surface area contributed by atoms with E-state index >= 15 is 4.39 Å². The van der Waals surface area contributed by atoms with E-state index in [0.29, 0.717) is 12.0 Å². The normalized spacial score (nSPS) is 11.5. The molecule has 4 aromatic rings. The predicted molar refractivity (Wildman–Crippen MR) is 129 cm³/mol. The summed E-state index contributed by atoms with van der Waals surface area (Å²) >= 11 is 0. The number of fused-ring (bicyclic) bond motifs is 1. The third-order valence-corrected chi connectivity index (χ3v) is 6.54. The number of hydrogen-bond acceptors (Lipinski definition) is 9. The Bertz CT molecular complexity index is 1530. The van der Waals surface area contributed by atoms with E-state index in [1.165, 1.54) is 31.6 Å². The molecule has 0 atom stereocenters. The minimum absolute atomic E-state index is 0.0163. The van der Waals surface area contributed by atoms with Crippen molar-refractivity contribution >= 4 is 38.4 Å². The van der Waals surface area contributed by atoms with E-state index in [1.54, 1.807) is 6.92 Å². The van der Waals surface area contributed by atoms with Gasteiger partial charge < -0.3 is 16.2 Å². The number of anilines is 3. The summed E-state index contributed by atoms with van der Waals surface area (Å²) in [6.07, 6.45) is 3.19. The third kappa shape index (κ3) is 4.75. The molecule has 35 heavy (non-hydrogen) atoms. The van der Waals surface area contributed by atoms with Gasteiger partial charge >= 0.3 is 0 Å². The Kier molecular flexibility index (Phi) is 6.35. The number of ether oxygens (including phenoxy) is 1. The van der Waals surface area contributed by atoms with E-state index in [0.717, 1.165) is 12.1 Å². The summed E-state index contributed by atoms with van der Waals surface area (Å²) in [6.45, 7) is 1.67. The second-order valence-electron chi connectivity index (χ2n) is 7.54. The van der Waals surface area contributed by atoms with E-state index in [-0.39, 0.29) is 51.2 Å². The quantitative estimate of drug-likeness (QED) is 0.345. The number of aromatic nitrogens is 4. The number of halogens is 2. The zero-order valence-corrected chi connectivity index (χ0v) is 19.5. The maximum atomic E-state index is 15.3. The summed E-state index contributed by atoms with van der Waals surface area (Å²) in [5, 5.41) is 0.273. The molecule has 2 aromatic heterocycles. The standard InChI is InChI=1S/C22H21F2N7O3S/c1-3-6-35(32,33)31-15-5-4-14(23)17(18(15)24)11-7-13-19(16(8-11)34-2)29-21(30-20(13)25)12-9-27-22(26)28-10-12/h4-5,7-10,31H,3,6H2,1-2H3,(H2,25,29,30)(H2,26,27,28). The van der Waals surface area contributed by atoms with Gasteiger partial charge in [-0.1, -0.05) is 6.92 Å². The van der Waals surface area contributed by atoms with Crippen LogP contribution in [0.25, 0.3) is 33.4 Å². The van der Waals surface area contributed by atoms with Crippen LogP contribution in [0.15, 0.2) is 36.7 Å². The van der Waals surface area contributed by atoms with Crippen LogP contribution in [0.1, 0.15) is 13.3 Å². The Morgan fingerprint density at radius 2 is 1.77 bits per heavy atom. The number of rotatable bonds is 7. The van der Waals surface area contributed by atoms with Crippen LogP contribution in [0, 0.1) is 11.6 Å². The molecule has 0 fully saturated rings. The molecule has 10 nitrogen and oxygen atoms in total. The number of methoxy groups -OCH3 is 1. The molecule has 0 saturated heterocycles. The van der Waals surface area contributed by atoms with Crippen molar-refractivity contribution in [1.29, 1.82) is 0 Å². The number of nitrogens with two attached hydrogens (primary N) is 2. The van der Waals surface area contributed by atoms with Gasteiger partial charge in [-0.3, -0.25) is 4.72 Å². The van der Waals surface area contributed by atoms with Gasteiger partial charge in [-0.2, -0.15) is 0 Å². The average Bonchev–Trinajstić information content (AvgIpc) is 2.81. The van der Waals surface area contributed by atoms with Gasteiger partial charge in [0.05, 0.1) is 29.7 Å². The van der Waals surface area contributed by atoms with E-state index in [9.17, 15) is 12.8 Å². The minimum Gasteiger partial charge on any atom is -0.494 e. The smallest absolute Gasteiger partial charge is 0.232 e. The van der Waals surface area contributed by atoms with Crippen molar-refractivity contribution in [3.63, 3.8) is 0 Å². The molecule has 2 heterocycles. The predicted octanol–water partition coefficient (Wildman–Crippen LogP) is 3.36. The van der Waals surface area contributed by atoms with Crippen LogP contribution in [-0.2, 0) is 10.0 Å². The van der Waals surface area contributed by atoms with Crippen molar-refractivity contribution < 1.29 is 21.9 Å². The molecular weight excluding hydrogens is 480 g/mol. The molecule has 0 amide bonds. The van der Waals surface area contributed by atoms with Crippen LogP contribution in [0.4, 0.5) is 26.2 Å². The van der Waals surface area contributed by atoms with Gasteiger partial charge in [0, 0.05) is 17.8 Å². The molecule has 0 spiro atoms. The Balaban J connectivity index is 1.88. The molecule has 0 bridgehead atoms. The van der Waals surface area contributed by atoms with E-state index in [1.807, 2.05) is 0 Å². The van der Waals surface area contributed by atoms with Gasteiger partial charge in [0.1, 0.15) is 22.9 Å². The molecule has 0 aliphatic rings. The molecule has 0 saturated carbocycles. The molecule has 0 radical (unpaired) electrons. The summed E-state index contributed by atoms with van der Waals surface area (Å²) in [6, 6.07) is 4.78. The van der Waals surface area contributed by atoms with Crippen molar-refractivity contribution in [1.82, 2.24) is 19.9 Å². The highest BCUT2D eigenvalue weighted by Crippen LogP contribution is 2.38. The van der Waals surface area contributed by atoms with Crippen LogP contribution in [0.2, 0.25) is 0 Å². The van der Waals surface area contributed by atoms with Gasteiger partial charge in [-0.25, -0.2) is 37.1 Å². The fourth-order valence-electron chi connectivity index (χ4n) is 3.49. The average molecular weight is 502 g/mol. The summed E-state index contributed by atoms with van der Waals surface area (Å²) in [4.78, 5) is 16.5. The number of nitrogens with one attached hydrogen (secondary N) is 1. The van der Waals surface area contributed by atoms with Crippen LogP contribution in [0.5, 0.6) is 5.75 Å². The lowest BCUT2D eigenvalue weighted by Crippen LogP contribution is -2.17. The van der Waals surface area contributed by atoms with Gasteiger partial charge in [-0.15, -0.1) is 0 Å². The first-order chi connectivity index (χ1) is 16.6. The molecule has 5 N–H and O–H groups in total. The lowest BCUT2D eigenvalue weighted by molar-refractivity contribution is 0.419. The van der Waals surface area contributed by atoms with Crippen LogP contribution < -0.4 is 20.9 Å². The van der Waals surface area contributed by atoms with Gasteiger partial charge in [0.2, 0.25) is 16.0 Å². The van der Waals surface area contributed by atoms with Crippen LogP contribution in [-0.4, -0.2) is 41.2 Å². The molecule has 2 aromatic carbocycles. The van der Waals surface area contributed by atoms with Gasteiger partial charge in [-0.05, 0) is 36.2 Å². The maximum absolute atomic E-state index is 15.3. The Morgan fingerprint density at radius 3 is 2.43 bits per heavy atom. The second-order valence-corrected chi connectivity index (χ2v) is 9.38. The zero-order valence-electron chi connectivity index (χ0n) is 18.7. The van der Waals surface area contributed by atoms with Gasteiger partial charge in [0.25, 0.3) is 0 Å². The van der Waals surface area contributed by atoms with Crippen molar-refractivity contribution in [2.45, 2.75) is 13.3 Å². The highest BCUT2D eigenvalue weighted by molar-refractivity contribution is 7.92. The monoisotopic (exact) mass is 501 g/mol. The van der Waals surface area contributed by atoms with Crippen LogP contribution >= 0.6 is 0 Å². The molecule has 182 valence electrons. The molecule has 0 unspecified atom stereocenters. The Labute approximate surface area is 199 Å².